The van der Waals surface area contributed by atoms with Crippen molar-refractivity contribution in [3.05, 3.63) is 0 Å². The molecular formula is C15H26N2O3. The van der Waals surface area contributed by atoms with Crippen molar-refractivity contribution >= 4 is 11.9 Å². The predicted octanol–water partition coefficient (Wildman–Crippen LogP) is 1.65. The average molecular weight is 282 g/mol. The highest BCUT2D eigenvalue weighted by Gasteiger charge is 2.44. The number of hydrogen-bond donors (Lipinski definition) is 3. The molecule has 20 heavy (non-hydrogen) atoms. The number of carboxylic acid groups (broad SMARTS) is 1. The van der Waals surface area contributed by atoms with E-state index < -0.39 is 11.5 Å². The fraction of sp³-hybridized carbons (Fsp3) is 0.867. The van der Waals surface area contributed by atoms with Gasteiger partial charge < -0.3 is 16.2 Å². The van der Waals surface area contributed by atoms with Crippen LogP contribution in [0.15, 0.2) is 0 Å². The summed E-state index contributed by atoms with van der Waals surface area (Å²) in [6.45, 7) is 2.06. The minimum absolute atomic E-state index is 0.0746. The summed E-state index contributed by atoms with van der Waals surface area (Å²) in [5, 5.41) is 12.4. The number of nitrogens with two attached hydrogens (primary N) is 1. The van der Waals surface area contributed by atoms with Crippen molar-refractivity contribution in [3.8, 4) is 0 Å². The summed E-state index contributed by atoms with van der Waals surface area (Å²) in [5.74, 6) is -0.782. The van der Waals surface area contributed by atoms with Crippen LogP contribution >= 0.6 is 0 Å². The van der Waals surface area contributed by atoms with Crippen LogP contribution in [0, 0.1) is 11.8 Å². The first-order valence-corrected chi connectivity index (χ1v) is 7.74. The van der Waals surface area contributed by atoms with Gasteiger partial charge in [-0.05, 0) is 38.0 Å². The van der Waals surface area contributed by atoms with E-state index >= 15 is 0 Å². The van der Waals surface area contributed by atoms with Crippen molar-refractivity contribution in [2.24, 2.45) is 17.6 Å². The Morgan fingerprint density at radius 2 is 2.00 bits per heavy atom. The molecule has 5 nitrogen and oxygen atoms in total. The van der Waals surface area contributed by atoms with E-state index in [1.165, 1.54) is 0 Å². The molecule has 2 fully saturated rings. The highest BCUT2D eigenvalue weighted by molar-refractivity contribution is 5.88. The van der Waals surface area contributed by atoms with Crippen LogP contribution in [0.4, 0.5) is 0 Å². The Bertz CT molecular complexity index is 385. The largest absolute Gasteiger partial charge is 0.480 e. The topological polar surface area (TPSA) is 92.4 Å². The summed E-state index contributed by atoms with van der Waals surface area (Å²) in [5.41, 5.74) is 4.86. The summed E-state index contributed by atoms with van der Waals surface area (Å²) >= 11 is 0. The zero-order chi connectivity index (χ0) is 14.8. The van der Waals surface area contributed by atoms with E-state index in [4.69, 9.17) is 5.73 Å². The fourth-order valence-electron chi connectivity index (χ4n) is 3.72. The standard InChI is InChI=1S/C15H26N2O3/c1-10-4-3-7-15(9-10,14(19)20)17-13(18)11-5-2-6-12(16)8-11/h10-12H,2-9,16H2,1H3,(H,17,18)(H,19,20). The van der Waals surface area contributed by atoms with Crippen LogP contribution in [-0.4, -0.2) is 28.6 Å². The van der Waals surface area contributed by atoms with Gasteiger partial charge >= 0.3 is 5.97 Å². The molecule has 2 aliphatic rings. The van der Waals surface area contributed by atoms with Crippen LogP contribution in [0.1, 0.15) is 58.3 Å². The van der Waals surface area contributed by atoms with Gasteiger partial charge in [0.15, 0.2) is 0 Å². The Morgan fingerprint density at radius 1 is 1.25 bits per heavy atom. The number of aliphatic carboxylic acids is 1. The summed E-state index contributed by atoms with van der Waals surface area (Å²) in [6, 6.07) is 0.0746. The zero-order valence-electron chi connectivity index (χ0n) is 12.2. The van der Waals surface area contributed by atoms with Crippen LogP contribution in [-0.2, 0) is 9.59 Å². The molecule has 1 amide bonds. The van der Waals surface area contributed by atoms with Gasteiger partial charge in [0.2, 0.25) is 5.91 Å². The second-order valence-corrected chi connectivity index (χ2v) is 6.70. The van der Waals surface area contributed by atoms with Gasteiger partial charge in [-0.25, -0.2) is 4.79 Å². The molecule has 0 saturated heterocycles. The third kappa shape index (κ3) is 3.32. The number of carbonyl (C=O) groups excluding carboxylic acids is 1. The van der Waals surface area contributed by atoms with Crippen molar-refractivity contribution in [1.29, 1.82) is 0 Å². The molecule has 5 heteroatoms. The summed E-state index contributed by atoms with van der Waals surface area (Å²) in [6.07, 6.45) is 6.39. The van der Waals surface area contributed by atoms with Gasteiger partial charge in [-0.2, -0.15) is 0 Å². The number of nitrogens with one attached hydrogen (secondary N) is 1. The van der Waals surface area contributed by atoms with E-state index in [1.807, 2.05) is 0 Å². The first-order chi connectivity index (χ1) is 9.43. The van der Waals surface area contributed by atoms with Crippen LogP contribution in [0.2, 0.25) is 0 Å². The summed E-state index contributed by atoms with van der Waals surface area (Å²) in [7, 11) is 0. The molecule has 0 radical (unpaired) electrons. The number of rotatable bonds is 3. The second-order valence-electron chi connectivity index (χ2n) is 6.70. The minimum atomic E-state index is -1.06. The molecule has 114 valence electrons. The van der Waals surface area contributed by atoms with Gasteiger partial charge in [-0.3, -0.25) is 4.79 Å². The van der Waals surface area contributed by atoms with Crippen molar-refractivity contribution in [3.63, 3.8) is 0 Å². The van der Waals surface area contributed by atoms with E-state index in [1.54, 1.807) is 0 Å². The van der Waals surface area contributed by atoms with Crippen molar-refractivity contribution in [2.75, 3.05) is 0 Å². The van der Waals surface area contributed by atoms with Gasteiger partial charge in [-0.15, -0.1) is 0 Å². The van der Waals surface area contributed by atoms with Gasteiger partial charge in [0, 0.05) is 12.0 Å². The lowest BCUT2D eigenvalue weighted by Gasteiger charge is -2.38. The molecule has 0 aromatic rings. The summed E-state index contributed by atoms with van der Waals surface area (Å²) in [4.78, 5) is 24.1. The molecule has 2 saturated carbocycles. The van der Waals surface area contributed by atoms with Crippen LogP contribution in [0.3, 0.4) is 0 Å². The van der Waals surface area contributed by atoms with E-state index in [0.29, 0.717) is 25.2 Å². The Hall–Kier alpha value is -1.10. The molecule has 0 bridgehead atoms. The van der Waals surface area contributed by atoms with Gasteiger partial charge in [0.1, 0.15) is 5.54 Å². The fourth-order valence-corrected chi connectivity index (χ4v) is 3.72. The Balaban J connectivity index is 2.04. The molecule has 4 atom stereocenters. The number of hydrogen-bond acceptors (Lipinski definition) is 3. The normalized spacial score (nSPS) is 38.2. The highest BCUT2D eigenvalue weighted by atomic mass is 16.4. The van der Waals surface area contributed by atoms with Gasteiger partial charge in [0.05, 0.1) is 0 Å². The molecule has 0 aromatic carbocycles. The van der Waals surface area contributed by atoms with Gasteiger partial charge in [0.25, 0.3) is 0 Å². The maximum absolute atomic E-state index is 12.4. The third-order valence-electron chi connectivity index (χ3n) is 4.85. The van der Waals surface area contributed by atoms with Crippen LogP contribution < -0.4 is 11.1 Å². The molecule has 4 unspecified atom stereocenters. The van der Waals surface area contributed by atoms with E-state index in [9.17, 15) is 14.7 Å². The van der Waals surface area contributed by atoms with E-state index in [-0.39, 0.29) is 17.9 Å². The lowest BCUT2D eigenvalue weighted by molar-refractivity contribution is -0.151. The monoisotopic (exact) mass is 282 g/mol. The van der Waals surface area contributed by atoms with Gasteiger partial charge in [-0.1, -0.05) is 26.2 Å². The lowest BCUT2D eigenvalue weighted by atomic mass is 9.75. The van der Waals surface area contributed by atoms with E-state index in [2.05, 4.69) is 12.2 Å². The molecule has 0 aliphatic heterocycles. The van der Waals surface area contributed by atoms with Crippen LogP contribution in [0.5, 0.6) is 0 Å². The van der Waals surface area contributed by atoms with Crippen molar-refractivity contribution in [1.82, 2.24) is 5.32 Å². The Labute approximate surface area is 120 Å². The Kier molecular flexibility index (Phi) is 4.68. The molecule has 0 spiro atoms. The molecule has 2 aliphatic carbocycles. The molecule has 4 N–H and O–H groups in total. The van der Waals surface area contributed by atoms with Crippen LogP contribution in [0.25, 0.3) is 0 Å². The van der Waals surface area contributed by atoms with Crippen molar-refractivity contribution < 1.29 is 14.7 Å². The molecule has 0 heterocycles. The SMILES string of the molecule is CC1CCCC(NC(=O)C2CCCC(N)C2)(C(=O)O)C1. The van der Waals surface area contributed by atoms with Crippen molar-refractivity contribution in [2.45, 2.75) is 69.9 Å². The molecule has 0 aromatic heterocycles. The zero-order valence-corrected chi connectivity index (χ0v) is 12.2. The highest BCUT2D eigenvalue weighted by Crippen LogP contribution is 2.33. The summed E-state index contributed by atoms with van der Waals surface area (Å²) < 4.78 is 0. The number of carboxylic acids is 1. The minimum Gasteiger partial charge on any atom is -0.480 e. The first kappa shape index (κ1) is 15.3. The maximum Gasteiger partial charge on any atom is 0.329 e. The first-order valence-electron chi connectivity index (χ1n) is 7.74. The second kappa shape index (κ2) is 6.12. The predicted molar refractivity (Wildman–Crippen MR) is 76.1 cm³/mol. The smallest absolute Gasteiger partial charge is 0.329 e. The Morgan fingerprint density at radius 3 is 2.60 bits per heavy atom. The van der Waals surface area contributed by atoms with E-state index in [0.717, 1.165) is 32.1 Å². The lowest BCUT2D eigenvalue weighted by Crippen LogP contribution is -2.58. The third-order valence-corrected chi connectivity index (χ3v) is 4.85. The number of amides is 1. The average Bonchev–Trinajstić information content (AvgIpc) is 2.38. The number of carbonyl (C=O) groups is 2. The molecular weight excluding hydrogens is 256 g/mol. The maximum atomic E-state index is 12.4. The molecule has 2 rings (SSSR count). The quantitative estimate of drug-likeness (QED) is 0.734.